The highest BCUT2D eigenvalue weighted by molar-refractivity contribution is 6.00. The highest BCUT2D eigenvalue weighted by Gasteiger charge is 2.13. The van der Waals surface area contributed by atoms with Crippen LogP contribution in [0, 0.1) is 0 Å². The third kappa shape index (κ3) is 4.77. The molecule has 0 aliphatic rings. The Kier molecular flexibility index (Phi) is 6.31. The van der Waals surface area contributed by atoms with Gasteiger partial charge >= 0.3 is 12.0 Å². The van der Waals surface area contributed by atoms with E-state index >= 15 is 0 Å². The van der Waals surface area contributed by atoms with Gasteiger partial charge in [0.1, 0.15) is 5.75 Å². The lowest BCUT2D eigenvalue weighted by Crippen LogP contribution is -2.30. The van der Waals surface area contributed by atoms with Gasteiger partial charge in [-0.15, -0.1) is 0 Å². The fourth-order valence-corrected chi connectivity index (χ4v) is 1.53. The molecule has 0 aromatic heterocycles. The molecular formula is C13H18N2O5. The zero-order valence-corrected chi connectivity index (χ0v) is 11.4. The maximum Gasteiger partial charge on any atom is 0.337 e. The molecule has 20 heavy (non-hydrogen) atoms. The van der Waals surface area contributed by atoms with Gasteiger partial charge in [-0.3, -0.25) is 0 Å². The zero-order chi connectivity index (χ0) is 15.0. The summed E-state index contributed by atoms with van der Waals surface area (Å²) < 4.78 is 9.86. The number of ether oxygens (including phenoxy) is 2. The van der Waals surface area contributed by atoms with E-state index in [-0.39, 0.29) is 11.3 Å². The lowest BCUT2D eigenvalue weighted by molar-refractivity contribution is 0.0698. The molecule has 0 unspecified atom stereocenters. The van der Waals surface area contributed by atoms with Crippen LogP contribution in [0.3, 0.4) is 0 Å². The predicted octanol–water partition coefficient (Wildman–Crippen LogP) is 1.55. The molecule has 7 nitrogen and oxygen atoms in total. The van der Waals surface area contributed by atoms with Gasteiger partial charge in [-0.25, -0.2) is 9.59 Å². The van der Waals surface area contributed by atoms with Crippen molar-refractivity contribution in [2.24, 2.45) is 0 Å². The summed E-state index contributed by atoms with van der Waals surface area (Å²) in [5.74, 6) is -0.660. The van der Waals surface area contributed by atoms with Gasteiger partial charge in [-0.05, 0) is 18.6 Å². The molecule has 3 N–H and O–H groups in total. The predicted molar refractivity (Wildman–Crippen MR) is 73.5 cm³/mol. The van der Waals surface area contributed by atoms with Crippen molar-refractivity contribution in [1.82, 2.24) is 5.32 Å². The van der Waals surface area contributed by atoms with E-state index in [1.165, 1.54) is 25.3 Å². The molecular weight excluding hydrogens is 264 g/mol. The molecule has 110 valence electrons. The Balaban J connectivity index is 2.69. The SMILES string of the molecule is COCCCNC(=O)Nc1cc(OC)ccc1C(=O)O. The van der Waals surface area contributed by atoms with Gasteiger partial charge in [-0.1, -0.05) is 0 Å². The summed E-state index contributed by atoms with van der Waals surface area (Å²) >= 11 is 0. The second kappa shape index (κ2) is 8.00. The van der Waals surface area contributed by atoms with Crippen molar-refractivity contribution < 1.29 is 24.2 Å². The highest BCUT2D eigenvalue weighted by atomic mass is 16.5. The van der Waals surface area contributed by atoms with Crippen LogP contribution in [0.5, 0.6) is 5.75 Å². The van der Waals surface area contributed by atoms with E-state index in [1.54, 1.807) is 7.11 Å². The molecule has 0 radical (unpaired) electrons. The van der Waals surface area contributed by atoms with Gasteiger partial charge in [0.2, 0.25) is 0 Å². The Labute approximate surface area is 116 Å². The molecule has 0 spiro atoms. The smallest absolute Gasteiger partial charge is 0.337 e. The lowest BCUT2D eigenvalue weighted by atomic mass is 10.1. The van der Waals surface area contributed by atoms with Crippen LogP contribution in [0.2, 0.25) is 0 Å². The zero-order valence-electron chi connectivity index (χ0n) is 11.4. The Bertz CT molecular complexity index is 476. The average molecular weight is 282 g/mol. The molecule has 0 bridgehead atoms. The largest absolute Gasteiger partial charge is 0.497 e. The minimum Gasteiger partial charge on any atom is -0.497 e. The van der Waals surface area contributed by atoms with Crippen molar-refractivity contribution in [3.63, 3.8) is 0 Å². The number of carboxylic acid groups (broad SMARTS) is 1. The molecule has 0 saturated carbocycles. The minimum absolute atomic E-state index is 0.00200. The highest BCUT2D eigenvalue weighted by Crippen LogP contribution is 2.22. The van der Waals surface area contributed by atoms with E-state index in [4.69, 9.17) is 14.6 Å². The monoisotopic (exact) mass is 282 g/mol. The molecule has 1 rings (SSSR count). The van der Waals surface area contributed by atoms with Gasteiger partial charge in [-0.2, -0.15) is 0 Å². The van der Waals surface area contributed by atoms with E-state index < -0.39 is 12.0 Å². The number of amides is 2. The number of benzene rings is 1. The van der Waals surface area contributed by atoms with E-state index in [2.05, 4.69) is 10.6 Å². The van der Waals surface area contributed by atoms with Crippen molar-refractivity contribution in [2.75, 3.05) is 32.7 Å². The van der Waals surface area contributed by atoms with Crippen LogP contribution in [-0.2, 0) is 4.74 Å². The van der Waals surface area contributed by atoms with Gasteiger partial charge in [0.15, 0.2) is 0 Å². The van der Waals surface area contributed by atoms with Gasteiger partial charge < -0.3 is 25.2 Å². The Morgan fingerprint density at radius 1 is 1.30 bits per heavy atom. The number of urea groups is 1. The number of hydrogen-bond acceptors (Lipinski definition) is 4. The number of methoxy groups -OCH3 is 2. The Morgan fingerprint density at radius 2 is 2.05 bits per heavy atom. The van der Waals surface area contributed by atoms with E-state index in [0.717, 1.165) is 0 Å². The third-order valence-corrected chi connectivity index (χ3v) is 2.52. The molecule has 7 heteroatoms. The standard InChI is InChI=1S/C13H18N2O5/c1-19-7-3-6-14-13(18)15-11-8-9(20-2)4-5-10(11)12(16)17/h4-5,8H,3,6-7H2,1-2H3,(H,16,17)(H2,14,15,18). The summed E-state index contributed by atoms with van der Waals surface area (Å²) in [4.78, 5) is 22.7. The molecule has 1 aromatic rings. The van der Waals surface area contributed by atoms with Crippen LogP contribution < -0.4 is 15.4 Å². The molecule has 1 aromatic carbocycles. The van der Waals surface area contributed by atoms with Crippen LogP contribution in [-0.4, -0.2) is 44.5 Å². The number of carboxylic acids is 1. The maximum absolute atomic E-state index is 11.7. The first-order chi connectivity index (χ1) is 9.58. The van der Waals surface area contributed by atoms with Crippen LogP contribution in [0.15, 0.2) is 18.2 Å². The molecule has 0 aliphatic heterocycles. The first-order valence-corrected chi connectivity index (χ1v) is 6.03. The third-order valence-electron chi connectivity index (χ3n) is 2.52. The summed E-state index contributed by atoms with van der Waals surface area (Å²) in [6, 6.07) is 3.88. The first-order valence-electron chi connectivity index (χ1n) is 6.03. The van der Waals surface area contributed by atoms with Gasteiger partial charge in [0.25, 0.3) is 0 Å². The topological polar surface area (TPSA) is 96.9 Å². The summed E-state index contributed by atoms with van der Waals surface area (Å²) in [6.45, 7) is 0.978. The average Bonchev–Trinajstić information content (AvgIpc) is 2.43. The van der Waals surface area contributed by atoms with E-state index in [9.17, 15) is 9.59 Å². The molecule has 2 amide bonds. The van der Waals surface area contributed by atoms with Crippen molar-refractivity contribution in [3.05, 3.63) is 23.8 Å². The van der Waals surface area contributed by atoms with Gasteiger partial charge in [0.05, 0.1) is 18.4 Å². The maximum atomic E-state index is 11.7. The van der Waals surface area contributed by atoms with E-state index in [0.29, 0.717) is 25.3 Å². The number of carbonyl (C=O) groups excluding carboxylic acids is 1. The fraction of sp³-hybridized carbons (Fsp3) is 0.385. The molecule has 0 aliphatic carbocycles. The van der Waals surface area contributed by atoms with Crippen LogP contribution in [0.1, 0.15) is 16.8 Å². The number of carbonyl (C=O) groups is 2. The summed E-state index contributed by atoms with van der Waals surface area (Å²) in [6.07, 6.45) is 0.674. The molecule has 0 fully saturated rings. The van der Waals surface area contributed by atoms with Crippen LogP contribution in [0.25, 0.3) is 0 Å². The Hall–Kier alpha value is -2.28. The number of anilines is 1. The van der Waals surface area contributed by atoms with Crippen molar-refractivity contribution in [2.45, 2.75) is 6.42 Å². The molecule has 0 atom stereocenters. The lowest BCUT2D eigenvalue weighted by Gasteiger charge is -2.11. The number of hydrogen-bond donors (Lipinski definition) is 3. The van der Waals surface area contributed by atoms with Crippen molar-refractivity contribution in [1.29, 1.82) is 0 Å². The normalized spacial score (nSPS) is 9.90. The van der Waals surface area contributed by atoms with Gasteiger partial charge in [0, 0.05) is 26.3 Å². The second-order valence-corrected chi connectivity index (χ2v) is 3.94. The minimum atomic E-state index is -1.12. The number of aromatic carboxylic acids is 1. The molecule has 0 saturated heterocycles. The summed E-state index contributed by atoms with van der Waals surface area (Å²) in [5, 5.41) is 14.2. The number of nitrogens with one attached hydrogen (secondary N) is 2. The fourth-order valence-electron chi connectivity index (χ4n) is 1.53. The van der Waals surface area contributed by atoms with Crippen LogP contribution >= 0.6 is 0 Å². The van der Waals surface area contributed by atoms with Crippen LogP contribution in [0.4, 0.5) is 10.5 Å². The quantitative estimate of drug-likeness (QED) is 0.659. The van der Waals surface area contributed by atoms with Crippen molar-refractivity contribution >= 4 is 17.7 Å². The Morgan fingerprint density at radius 3 is 2.65 bits per heavy atom. The molecule has 0 heterocycles. The van der Waals surface area contributed by atoms with E-state index in [1.807, 2.05) is 0 Å². The second-order valence-electron chi connectivity index (χ2n) is 3.94. The number of rotatable bonds is 7. The summed E-state index contributed by atoms with van der Waals surface area (Å²) in [5.41, 5.74) is 0.180. The van der Waals surface area contributed by atoms with Crippen molar-refractivity contribution in [3.8, 4) is 5.75 Å². The summed E-state index contributed by atoms with van der Waals surface area (Å²) in [7, 11) is 3.04. The first kappa shape index (κ1) is 15.8.